The van der Waals surface area contributed by atoms with Crippen LogP contribution in [-0.2, 0) is 0 Å². The van der Waals surface area contributed by atoms with E-state index >= 15 is 0 Å². The largest absolute Gasteiger partial charge is 0.492 e. The Kier molecular flexibility index (Phi) is 4.45. The molecule has 0 aliphatic carbocycles. The molecule has 0 bridgehead atoms. The van der Waals surface area contributed by atoms with E-state index in [-0.39, 0.29) is 0 Å². The van der Waals surface area contributed by atoms with Gasteiger partial charge in [0.1, 0.15) is 12.4 Å². The Labute approximate surface area is 115 Å². The highest BCUT2D eigenvalue weighted by Crippen LogP contribution is 2.16. The molecule has 0 fully saturated rings. The van der Waals surface area contributed by atoms with Gasteiger partial charge in [0.2, 0.25) is 0 Å². The number of benzene rings is 2. The first-order valence-electron chi connectivity index (χ1n) is 6.66. The molecule has 19 heavy (non-hydrogen) atoms. The molecule has 0 heterocycles. The first kappa shape index (κ1) is 13.5. The van der Waals surface area contributed by atoms with E-state index in [1.165, 1.54) is 22.4 Å². The molecule has 2 rings (SSSR count). The summed E-state index contributed by atoms with van der Waals surface area (Å²) in [5, 5.41) is 3.38. The Balaban J connectivity index is 1.81. The van der Waals surface area contributed by atoms with E-state index in [4.69, 9.17) is 4.74 Å². The molecule has 2 heteroatoms. The van der Waals surface area contributed by atoms with E-state index in [9.17, 15) is 0 Å². The zero-order valence-electron chi connectivity index (χ0n) is 11.9. The van der Waals surface area contributed by atoms with E-state index in [2.05, 4.69) is 50.4 Å². The van der Waals surface area contributed by atoms with Crippen molar-refractivity contribution >= 4 is 5.69 Å². The number of aryl methyl sites for hydroxylation is 3. The second kappa shape index (κ2) is 6.28. The number of ether oxygens (including phenoxy) is 1. The molecule has 0 amide bonds. The number of hydrogen-bond acceptors (Lipinski definition) is 2. The van der Waals surface area contributed by atoms with E-state index < -0.39 is 0 Å². The van der Waals surface area contributed by atoms with Crippen molar-refractivity contribution in [2.45, 2.75) is 20.8 Å². The average Bonchev–Trinajstić information content (AvgIpc) is 2.40. The number of anilines is 1. The third-order valence-corrected chi connectivity index (χ3v) is 3.31. The summed E-state index contributed by atoms with van der Waals surface area (Å²) in [6.45, 7) is 7.79. The highest BCUT2D eigenvalue weighted by molar-refractivity contribution is 5.50. The van der Waals surface area contributed by atoms with Crippen molar-refractivity contribution in [2.75, 3.05) is 18.5 Å². The minimum Gasteiger partial charge on any atom is -0.492 e. The van der Waals surface area contributed by atoms with E-state index in [1.54, 1.807) is 0 Å². The van der Waals surface area contributed by atoms with E-state index in [1.807, 2.05) is 18.2 Å². The van der Waals surface area contributed by atoms with Crippen LogP contribution in [0.1, 0.15) is 16.7 Å². The molecular formula is C17H21NO. The lowest BCUT2D eigenvalue weighted by atomic mass is 10.1. The van der Waals surface area contributed by atoms with Crippen LogP contribution >= 0.6 is 0 Å². The van der Waals surface area contributed by atoms with Gasteiger partial charge < -0.3 is 10.1 Å². The minimum absolute atomic E-state index is 0.664. The summed E-state index contributed by atoms with van der Waals surface area (Å²) in [5.74, 6) is 0.940. The number of hydrogen-bond donors (Lipinski definition) is 1. The standard InChI is InChI=1S/C17H21NO/c1-13-8-9-16(12-15(13)3)19-11-10-18-17-7-5-4-6-14(17)2/h4-9,12,18H,10-11H2,1-3H3. The molecular weight excluding hydrogens is 234 g/mol. The van der Waals surface area contributed by atoms with Crippen LogP contribution in [0.2, 0.25) is 0 Å². The molecule has 0 aliphatic rings. The lowest BCUT2D eigenvalue weighted by Crippen LogP contribution is -2.12. The van der Waals surface area contributed by atoms with Crippen molar-refractivity contribution < 1.29 is 4.74 Å². The topological polar surface area (TPSA) is 21.3 Å². The predicted molar refractivity (Wildman–Crippen MR) is 81.1 cm³/mol. The van der Waals surface area contributed by atoms with Crippen LogP contribution in [0.5, 0.6) is 5.75 Å². The summed E-state index contributed by atoms with van der Waals surface area (Å²) >= 11 is 0. The van der Waals surface area contributed by atoms with Crippen LogP contribution in [-0.4, -0.2) is 13.2 Å². The van der Waals surface area contributed by atoms with Crippen LogP contribution in [0.15, 0.2) is 42.5 Å². The van der Waals surface area contributed by atoms with E-state index in [0.717, 1.165) is 12.3 Å². The molecule has 0 atom stereocenters. The van der Waals surface area contributed by atoms with Gasteiger partial charge in [-0.05, 0) is 55.7 Å². The second-order valence-corrected chi connectivity index (χ2v) is 4.84. The normalized spacial score (nSPS) is 10.3. The van der Waals surface area contributed by atoms with Crippen LogP contribution in [0.3, 0.4) is 0 Å². The lowest BCUT2D eigenvalue weighted by molar-refractivity contribution is 0.332. The molecule has 0 saturated heterocycles. The first-order chi connectivity index (χ1) is 9.16. The third kappa shape index (κ3) is 3.75. The van der Waals surface area contributed by atoms with Crippen LogP contribution in [0, 0.1) is 20.8 Å². The maximum absolute atomic E-state index is 5.74. The van der Waals surface area contributed by atoms with Crippen LogP contribution in [0.25, 0.3) is 0 Å². The number of rotatable bonds is 5. The van der Waals surface area contributed by atoms with Crippen LogP contribution in [0.4, 0.5) is 5.69 Å². The molecule has 100 valence electrons. The van der Waals surface area contributed by atoms with Crippen molar-refractivity contribution in [3.8, 4) is 5.75 Å². The van der Waals surface area contributed by atoms with Gasteiger partial charge in [0.15, 0.2) is 0 Å². The summed E-state index contributed by atoms with van der Waals surface area (Å²) in [4.78, 5) is 0. The van der Waals surface area contributed by atoms with Crippen molar-refractivity contribution in [1.82, 2.24) is 0 Å². The van der Waals surface area contributed by atoms with E-state index in [0.29, 0.717) is 6.61 Å². The Hall–Kier alpha value is -1.96. The Bertz CT molecular complexity index is 549. The molecule has 1 N–H and O–H groups in total. The molecule has 0 saturated carbocycles. The maximum Gasteiger partial charge on any atom is 0.119 e. The fourth-order valence-corrected chi connectivity index (χ4v) is 1.93. The zero-order valence-corrected chi connectivity index (χ0v) is 11.9. The fourth-order valence-electron chi connectivity index (χ4n) is 1.93. The monoisotopic (exact) mass is 255 g/mol. The molecule has 2 aromatic rings. The molecule has 0 aliphatic heterocycles. The van der Waals surface area contributed by atoms with Crippen LogP contribution < -0.4 is 10.1 Å². The highest BCUT2D eigenvalue weighted by Gasteiger charge is 1.98. The van der Waals surface area contributed by atoms with Crippen molar-refractivity contribution in [1.29, 1.82) is 0 Å². The van der Waals surface area contributed by atoms with Gasteiger partial charge >= 0.3 is 0 Å². The van der Waals surface area contributed by atoms with Gasteiger partial charge in [0, 0.05) is 12.2 Å². The molecule has 2 aromatic carbocycles. The SMILES string of the molecule is Cc1ccc(OCCNc2ccccc2C)cc1C. The molecule has 0 radical (unpaired) electrons. The van der Waals surface area contributed by atoms with Crippen molar-refractivity contribution in [3.63, 3.8) is 0 Å². The number of para-hydroxylation sites is 1. The smallest absolute Gasteiger partial charge is 0.119 e. The molecule has 0 aromatic heterocycles. The molecule has 0 spiro atoms. The van der Waals surface area contributed by atoms with Gasteiger partial charge in [-0.3, -0.25) is 0 Å². The summed E-state index contributed by atoms with van der Waals surface area (Å²) < 4.78 is 5.74. The molecule has 0 unspecified atom stereocenters. The molecule has 2 nitrogen and oxygen atoms in total. The third-order valence-electron chi connectivity index (χ3n) is 3.31. The lowest BCUT2D eigenvalue weighted by Gasteiger charge is -2.11. The van der Waals surface area contributed by atoms with Gasteiger partial charge in [-0.1, -0.05) is 24.3 Å². The number of nitrogens with one attached hydrogen (secondary N) is 1. The fraction of sp³-hybridized carbons (Fsp3) is 0.294. The van der Waals surface area contributed by atoms with Gasteiger partial charge in [-0.25, -0.2) is 0 Å². The quantitative estimate of drug-likeness (QED) is 0.812. The van der Waals surface area contributed by atoms with Gasteiger partial charge in [-0.2, -0.15) is 0 Å². The van der Waals surface area contributed by atoms with Gasteiger partial charge in [0.05, 0.1) is 0 Å². The summed E-state index contributed by atoms with van der Waals surface area (Å²) in [6, 6.07) is 14.5. The Morgan fingerprint density at radius 1 is 0.895 bits per heavy atom. The summed E-state index contributed by atoms with van der Waals surface area (Å²) in [6.07, 6.45) is 0. The zero-order chi connectivity index (χ0) is 13.7. The summed E-state index contributed by atoms with van der Waals surface area (Å²) in [5.41, 5.74) is 5.00. The average molecular weight is 255 g/mol. The summed E-state index contributed by atoms with van der Waals surface area (Å²) in [7, 11) is 0. The Morgan fingerprint density at radius 3 is 2.42 bits per heavy atom. The first-order valence-corrected chi connectivity index (χ1v) is 6.66. The van der Waals surface area contributed by atoms with Gasteiger partial charge in [0.25, 0.3) is 0 Å². The van der Waals surface area contributed by atoms with Crippen molar-refractivity contribution in [3.05, 3.63) is 59.2 Å². The highest BCUT2D eigenvalue weighted by atomic mass is 16.5. The Morgan fingerprint density at radius 2 is 1.68 bits per heavy atom. The van der Waals surface area contributed by atoms with Gasteiger partial charge in [-0.15, -0.1) is 0 Å². The maximum atomic E-state index is 5.74. The second-order valence-electron chi connectivity index (χ2n) is 4.84. The minimum atomic E-state index is 0.664. The van der Waals surface area contributed by atoms with Crippen molar-refractivity contribution in [2.24, 2.45) is 0 Å². The predicted octanol–water partition coefficient (Wildman–Crippen LogP) is 4.10.